The average Bonchev–Trinajstić information content (AvgIpc) is 3.52. The maximum absolute atomic E-state index is 13.5. The molecule has 0 spiro atoms. The maximum Gasteiger partial charge on any atom is 0.350 e. The Morgan fingerprint density at radius 1 is 1.00 bits per heavy atom. The number of anilines is 1. The number of nitrogens with zero attached hydrogens (tertiary/aromatic N) is 2. The molecule has 5 rings (SSSR count). The zero-order valence-corrected chi connectivity index (χ0v) is 23.6. The maximum atomic E-state index is 13.5. The molecule has 0 bridgehead atoms. The standard InChI is InChI=1S/C32H28N2O6S/c1-19(22-12-8-5-9-13-22)26-25(28(36)30(37)34(26)32-33-20(2)29(41-32)31(38)39-3)27(35)23-14-16-24(17-15-23)40-18-21-10-6-4-7-11-21/h4-17,19,26,35H,18H2,1-3H3/b27-25+. The van der Waals surface area contributed by atoms with Gasteiger partial charge in [-0.2, -0.15) is 0 Å². The van der Waals surface area contributed by atoms with Crippen LogP contribution in [0.15, 0.2) is 90.5 Å². The molecule has 2 atom stereocenters. The summed E-state index contributed by atoms with van der Waals surface area (Å²) >= 11 is 0.973. The molecule has 2 heterocycles. The van der Waals surface area contributed by atoms with Crippen LogP contribution in [0.25, 0.3) is 5.76 Å². The van der Waals surface area contributed by atoms with Crippen molar-refractivity contribution < 1.29 is 29.0 Å². The van der Waals surface area contributed by atoms with E-state index in [-0.39, 0.29) is 21.3 Å². The first kappa shape index (κ1) is 27.8. The van der Waals surface area contributed by atoms with Crippen LogP contribution in [0.4, 0.5) is 5.13 Å². The molecule has 41 heavy (non-hydrogen) atoms. The molecule has 1 aliphatic heterocycles. The molecule has 1 aromatic heterocycles. The summed E-state index contributed by atoms with van der Waals surface area (Å²) in [5.41, 5.74) is 2.60. The minimum atomic E-state index is -0.873. The van der Waals surface area contributed by atoms with E-state index in [4.69, 9.17) is 9.47 Å². The summed E-state index contributed by atoms with van der Waals surface area (Å²) in [4.78, 5) is 45.2. The molecule has 1 amide bonds. The third-order valence-electron chi connectivity index (χ3n) is 7.02. The Bertz CT molecular complexity index is 1610. The van der Waals surface area contributed by atoms with Crippen LogP contribution in [0.2, 0.25) is 0 Å². The van der Waals surface area contributed by atoms with Crippen molar-refractivity contribution in [2.45, 2.75) is 32.4 Å². The first-order chi connectivity index (χ1) is 19.8. The highest BCUT2D eigenvalue weighted by Crippen LogP contribution is 2.42. The average molecular weight is 569 g/mol. The lowest BCUT2D eigenvalue weighted by atomic mass is 9.87. The van der Waals surface area contributed by atoms with Crippen molar-refractivity contribution in [1.29, 1.82) is 0 Å². The van der Waals surface area contributed by atoms with Crippen LogP contribution in [0.1, 0.15) is 44.9 Å². The van der Waals surface area contributed by atoms with Gasteiger partial charge in [0, 0.05) is 11.5 Å². The third-order valence-corrected chi connectivity index (χ3v) is 8.16. The number of thiazole rings is 1. The largest absolute Gasteiger partial charge is 0.507 e. The molecule has 208 valence electrons. The van der Waals surface area contributed by atoms with Gasteiger partial charge < -0.3 is 14.6 Å². The van der Waals surface area contributed by atoms with Gasteiger partial charge in [0.2, 0.25) is 0 Å². The van der Waals surface area contributed by atoms with E-state index in [0.717, 1.165) is 22.5 Å². The zero-order valence-electron chi connectivity index (χ0n) is 22.7. The van der Waals surface area contributed by atoms with Gasteiger partial charge in [0.15, 0.2) is 5.13 Å². The van der Waals surface area contributed by atoms with E-state index in [0.29, 0.717) is 23.6 Å². The zero-order chi connectivity index (χ0) is 29.1. The number of hydrogen-bond donors (Lipinski definition) is 1. The Morgan fingerprint density at radius 2 is 1.63 bits per heavy atom. The molecule has 3 aromatic carbocycles. The Balaban J connectivity index is 1.54. The SMILES string of the molecule is COC(=O)c1sc(N2C(=O)C(=O)/C(=C(/O)c3ccc(OCc4ccccc4)cc3)C2C(C)c2ccccc2)nc1C. The molecule has 1 fully saturated rings. The van der Waals surface area contributed by atoms with Crippen LogP contribution < -0.4 is 9.64 Å². The molecule has 0 radical (unpaired) electrons. The number of ketones is 1. The number of aliphatic hydroxyl groups is 1. The highest BCUT2D eigenvalue weighted by Gasteiger charge is 2.50. The van der Waals surface area contributed by atoms with Gasteiger partial charge in [-0.1, -0.05) is 78.9 Å². The van der Waals surface area contributed by atoms with E-state index >= 15 is 0 Å². The van der Waals surface area contributed by atoms with Crippen LogP contribution in [0.3, 0.4) is 0 Å². The third kappa shape index (κ3) is 5.49. The number of methoxy groups -OCH3 is 1. The number of hydrogen-bond acceptors (Lipinski definition) is 8. The molecule has 9 heteroatoms. The number of aliphatic hydroxyl groups excluding tert-OH is 1. The molecule has 4 aromatic rings. The molecule has 0 saturated carbocycles. The van der Waals surface area contributed by atoms with Gasteiger partial charge in [-0.15, -0.1) is 0 Å². The number of ether oxygens (including phenoxy) is 2. The van der Waals surface area contributed by atoms with Gasteiger partial charge in [-0.05, 0) is 42.3 Å². The van der Waals surface area contributed by atoms with Gasteiger partial charge in [0.25, 0.3) is 5.78 Å². The summed E-state index contributed by atoms with van der Waals surface area (Å²) in [6.45, 7) is 3.90. The number of Topliss-reactive ketones (excluding diaryl/α,β-unsaturated/α-hetero) is 1. The normalized spacial score (nSPS) is 17.0. The Hall–Kier alpha value is -4.76. The first-order valence-corrected chi connectivity index (χ1v) is 13.8. The number of aryl methyl sites for hydroxylation is 1. The molecular formula is C32H28N2O6S. The summed E-state index contributed by atoms with van der Waals surface area (Å²) < 4.78 is 10.7. The van der Waals surface area contributed by atoms with Crippen molar-refractivity contribution in [2.24, 2.45) is 0 Å². The van der Waals surface area contributed by atoms with Crippen molar-refractivity contribution >= 4 is 39.9 Å². The van der Waals surface area contributed by atoms with Gasteiger partial charge in [0.05, 0.1) is 24.4 Å². The lowest BCUT2D eigenvalue weighted by molar-refractivity contribution is -0.132. The predicted octanol–water partition coefficient (Wildman–Crippen LogP) is 5.87. The molecule has 0 aliphatic carbocycles. The first-order valence-electron chi connectivity index (χ1n) is 13.0. The summed E-state index contributed by atoms with van der Waals surface area (Å²) in [5, 5.41) is 11.7. The van der Waals surface area contributed by atoms with Crippen LogP contribution in [0, 0.1) is 6.92 Å². The number of esters is 1. The quantitative estimate of drug-likeness (QED) is 0.123. The Morgan fingerprint density at radius 3 is 2.27 bits per heavy atom. The summed E-state index contributed by atoms with van der Waals surface area (Å²) in [5.74, 6) is -2.34. The van der Waals surface area contributed by atoms with Crippen LogP contribution >= 0.6 is 11.3 Å². The van der Waals surface area contributed by atoms with E-state index in [9.17, 15) is 19.5 Å². The minimum Gasteiger partial charge on any atom is -0.507 e. The fourth-order valence-electron chi connectivity index (χ4n) is 4.85. The van der Waals surface area contributed by atoms with Gasteiger partial charge in [0.1, 0.15) is 23.0 Å². The fourth-order valence-corrected chi connectivity index (χ4v) is 5.87. The molecule has 8 nitrogen and oxygen atoms in total. The van der Waals surface area contributed by atoms with Crippen LogP contribution in [-0.2, 0) is 20.9 Å². The van der Waals surface area contributed by atoms with E-state index in [1.54, 1.807) is 31.2 Å². The summed E-state index contributed by atoms with van der Waals surface area (Å²) in [6.07, 6.45) is 0. The number of amides is 1. The van der Waals surface area contributed by atoms with Crippen LogP contribution in [-0.4, -0.2) is 40.9 Å². The van der Waals surface area contributed by atoms with Crippen molar-refractivity contribution in [3.63, 3.8) is 0 Å². The van der Waals surface area contributed by atoms with E-state index in [1.807, 2.05) is 67.6 Å². The number of rotatable bonds is 8. The second-order valence-corrected chi connectivity index (χ2v) is 10.6. The number of benzene rings is 3. The second kappa shape index (κ2) is 11.8. The number of carbonyl (C=O) groups excluding carboxylic acids is 3. The lowest BCUT2D eigenvalue weighted by Crippen LogP contribution is -2.37. The number of carbonyl (C=O) groups is 3. The highest BCUT2D eigenvalue weighted by atomic mass is 32.1. The molecule has 1 aliphatic rings. The van der Waals surface area contributed by atoms with Crippen molar-refractivity contribution in [3.8, 4) is 5.75 Å². The van der Waals surface area contributed by atoms with E-state index in [2.05, 4.69) is 4.98 Å². The molecule has 1 saturated heterocycles. The lowest BCUT2D eigenvalue weighted by Gasteiger charge is -2.28. The van der Waals surface area contributed by atoms with Gasteiger partial charge in [-0.25, -0.2) is 9.78 Å². The highest BCUT2D eigenvalue weighted by molar-refractivity contribution is 7.17. The number of aromatic nitrogens is 1. The van der Waals surface area contributed by atoms with E-state index in [1.165, 1.54) is 12.0 Å². The summed E-state index contributed by atoms with van der Waals surface area (Å²) in [7, 11) is 1.27. The predicted molar refractivity (Wildman–Crippen MR) is 156 cm³/mol. The molecule has 1 N–H and O–H groups in total. The monoisotopic (exact) mass is 568 g/mol. The second-order valence-electron chi connectivity index (χ2n) is 9.61. The molecule has 2 unspecified atom stereocenters. The van der Waals surface area contributed by atoms with Crippen molar-refractivity contribution in [1.82, 2.24) is 4.98 Å². The van der Waals surface area contributed by atoms with E-state index < -0.39 is 29.6 Å². The van der Waals surface area contributed by atoms with Gasteiger partial charge in [-0.3, -0.25) is 14.5 Å². The van der Waals surface area contributed by atoms with Gasteiger partial charge >= 0.3 is 11.9 Å². The van der Waals surface area contributed by atoms with Crippen LogP contribution in [0.5, 0.6) is 5.75 Å². The minimum absolute atomic E-state index is 0.0308. The van der Waals surface area contributed by atoms with Crippen molar-refractivity contribution in [2.75, 3.05) is 12.0 Å². The van der Waals surface area contributed by atoms with Crippen molar-refractivity contribution in [3.05, 3.63) is 118 Å². The summed E-state index contributed by atoms with van der Waals surface area (Å²) in [6, 6.07) is 25.0. The fraction of sp³-hybridized carbons (Fsp3) is 0.188. The Kier molecular flexibility index (Phi) is 7.98. The smallest absolute Gasteiger partial charge is 0.350 e. The topological polar surface area (TPSA) is 106 Å². The Labute approximate surface area is 241 Å². The molecular weight excluding hydrogens is 540 g/mol.